The number of amides is 2. The van der Waals surface area contributed by atoms with Gasteiger partial charge in [-0.25, -0.2) is 5.43 Å². The van der Waals surface area contributed by atoms with Crippen molar-refractivity contribution in [2.24, 2.45) is 0 Å². The molecule has 1 fully saturated rings. The summed E-state index contributed by atoms with van der Waals surface area (Å²) in [5.41, 5.74) is 6.27. The van der Waals surface area contributed by atoms with Gasteiger partial charge in [0.25, 0.3) is 5.91 Å². The van der Waals surface area contributed by atoms with Gasteiger partial charge in [-0.05, 0) is 25.5 Å². The molecule has 28 heavy (non-hydrogen) atoms. The van der Waals surface area contributed by atoms with Gasteiger partial charge in [0, 0.05) is 20.1 Å². The van der Waals surface area contributed by atoms with E-state index in [0.29, 0.717) is 12.2 Å². The predicted octanol–water partition coefficient (Wildman–Crippen LogP) is 1.45. The van der Waals surface area contributed by atoms with E-state index in [-0.39, 0.29) is 43.6 Å². The fraction of sp³-hybridized carbons (Fsp3) is 0.524. The Balaban J connectivity index is 0.00000136. The number of carbonyl (C=O) groups is 2. The fourth-order valence-electron chi connectivity index (χ4n) is 3.32. The largest absolute Gasteiger partial charge is 0.395 e. The Hall–Kier alpha value is -2.38. The zero-order chi connectivity index (χ0) is 20.8. The van der Waals surface area contributed by atoms with Crippen LogP contribution in [-0.4, -0.2) is 71.1 Å². The second kappa shape index (κ2) is 9.71. The van der Waals surface area contributed by atoms with Crippen molar-refractivity contribution in [1.82, 2.24) is 20.2 Å². The molecule has 0 bridgehead atoms. The molecule has 0 saturated carbocycles. The first-order chi connectivity index (χ1) is 13.4. The first-order valence-electron chi connectivity index (χ1n) is 9.88. The third-order valence-corrected chi connectivity index (χ3v) is 4.92. The van der Waals surface area contributed by atoms with Crippen LogP contribution in [0.3, 0.4) is 0 Å². The number of fused-ring (bicyclic) bond motifs is 1. The standard InChI is InChI=1S/C19H26N4O3.C2H6/c1-13-4-6-15(7-5-13)16-10-17-19(26)22(11-14(2)23(17)20-16)12-18(25)21(3)8-9-24;1-2/h4-7,10,14,16,20,24H,8-9,11-12H2,1-3H3;1-2H3. The number of aliphatic hydroxyl groups excluding tert-OH is 1. The first-order valence-corrected chi connectivity index (χ1v) is 9.88. The predicted molar refractivity (Wildman–Crippen MR) is 109 cm³/mol. The highest BCUT2D eigenvalue weighted by Gasteiger charge is 2.39. The van der Waals surface area contributed by atoms with Crippen molar-refractivity contribution < 1.29 is 14.7 Å². The highest BCUT2D eigenvalue weighted by atomic mass is 16.3. The molecular formula is C21H32N4O3. The summed E-state index contributed by atoms with van der Waals surface area (Å²) in [4.78, 5) is 28.1. The number of likely N-dealkylation sites (N-methyl/N-ethyl adjacent to an activating group) is 1. The fourth-order valence-corrected chi connectivity index (χ4v) is 3.32. The molecule has 2 unspecified atom stereocenters. The molecule has 7 heteroatoms. The maximum Gasteiger partial charge on any atom is 0.271 e. The molecule has 154 valence electrons. The van der Waals surface area contributed by atoms with E-state index >= 15 is 0 Å². The topological polar surface area (TPSA) is 76.1 Å². The van der Waals surface area contributed by atoms with Gasteiger partial charge in [0.1, 0.15) is 12.2 Å². The number of hydrazine groups is 1. The van der Waals surface area contributed by atoms with E-state index in [4.69, 9.17) is 5.11 Å². The van der Waals surface area contributed by atoms with Crippen LogP contribution in [0.4, 0.5) is 0 Å². The van der Waals surface area contributed by atoms with Crippen molar-refractivity contribution in [3.8, 4) is 0 Å². The van der Waals surface area contributed by atoms with Gasteiger partial charge in [-0.2, -0.15) is 0 Å². The third-order valence-electron chi connectivity index (χ3n) is 4.92. The molecule has 3 rings (SSSR count). The van der Waals surface area contributed by atoms with Gasteiger partial charge >= 0.3 is 0 Å². The van der Waals surface area contributed by atoms with Crippen LogP contribution < -0.4 is 5.43 Å². The Morgan fingerprint density at radius 2 is 1.93 bits per heavy atom. The smallest absolute Gasteiger partial charge is 0.271 e. The second-order valence-corrected chi connectivity index (χ2v) is 7.01. The van der Waals surface area contributed by atoms with Crippen LogP contribution in [0.2, 0.25) is 0 Å². The molecule has 0 spiro atoms. The molecule has 1 aromatic rings. The van der Waals surface area contributed by atoms with Gasteiger partial charge in [-0.15, -0.1) is 0 Å². The summed E-state index contributed by atoms with van der Waals surface area (Å²) in [5.74, 6) is -0.314. The first kappa shape index (κ1) is 21.9. The van der Waals surface area contributed by atoms with Gasteiger partial charge in [0.15, 0.2) is 0 Å². The average Bonchev–Trinajstić information content (AvgIpc) is 3.14. The SMILES string of the molecule is CC.Cc1ccc(C2C=C3C(=O)N(CC(=O)N(C)CCO)CC(C)N3N2)cc1. The van der Waals surface area contributed by atoms with Crippen LogP contribution >= 0.6 is 0 Å². The minimum atomic E-state index is -0.172. The van der Waals surface area contributed by atoms with Crippen LogP contribution in [0.5, 0.6) is 0 Å². The summed E-state index contributed by atoms with van der Waals surface area (Å²) >= 11 is 0. The molecule has 0 radical (unpaired) electrons. The summed E-state index contributed by atoms with van der Waals surface area (Å²) in [6, 6.07) is 8.24. The number of rotatable bonds is 5. The van der Waals surface area contributed by atoms with Crippen LogP contribution in [0.1, 0.15) is 37.9 Å². The van der Waals surface area contributed by atoms with Crippen LogP contribution in [0.15, 0.2) is 36.0 Å². The maximum atomic E-state index is 12.9. The van der Waals surface area contributed by atoms with E-state index in [0.717, 1.165) is 5.56 Å². The lowest BCUT2D eigenvalue weighted by Gasteiger charge is -2.40. The Bertz CT molecular complexity index is 717. The molecule has 2 aliphatic heterocycles. The summed E-state index contributed by atoms with van der Waals surface area (Å²) < 4.78 is 0. The molecule has 0 aliphatic carbocycles. The summed E-state index contributed by atoms with van der Waals surface area (Å²) in [7, 11) is 1.63. The van der Waals surface area contributed by atoms with E-state index in [9.17, 15) is 9.59 Å². The molecule has 2 heterocycles. The lowest BCUT2D eigenvalue weighted by molar-refractivity contribution is -0.142. The van der Waals surface area contributed by atoms with Gasteiger partial charge in [-0.1, -0.05) is 43.7 Å². The molecule has 2 atom stereocenters. The van der Waals surface area contributed by atoms with Crippen molar-refractivity contribution >= 4 is 11.8 Å². The van der Waals surface area contributed by atoms with Gasteiger partial charge < -0.3 is 14.9 Å². The number of hydrogen-bond acceptors (Lipinski definition) is 5. The van der Waals surface area contributed by atoms with E-state index in [1.807, 2.05) is 38.8 Å². The van der Waals surface area contributed by atoms with Gasteiger partial charge in [-0.3, -0.25) is 14.6 Å². The van der Waals surface area contributed by atoms with E-state index in [1.165, 1.54) is 10.5 Å². The Morgan fingerprint density at radius 1 is 1.29 bits per heavy atom. The zero-order valence-electron chi connectivity index (χ0n) is 17.5. The summed E-state index contributed by atoms with van der Waals surface area (Å²) in [6.45, 7) is 8.75. The number of aryl methyl sites for hydroxylation is 1. The molecular weight excluding hydrogens is 356 g/mol. The van der Waals surface area contributed by atoms with Gasteiger partial charge in [0.2, 0.25) is 5.91 Å². The Labute approximate surface area is 167 Å². The van der Waals surface area contributed by atoms with E-state index in [1.54, 1.807) is 11.9 Å². The van der Waals surface area contributed by atoms with Crippen molar-refractivity contribution in [2.45, 2.75) is 39.8 Å². The van der Waals surface area contributed by atoms with Gasteiger partial charge in [0.05, 0.1) is 18.7 Å². The third kappa shape index (κ3) is 4.72. The lowest BCUT2D eigenvalue weighted by Crippen LogP contribution is -2.57. The summed E-state index contributed by atoms with van der Waals surface area (Å²) in [6.07, 6.45) is 1.93. The number of hydrogen-bond donors (Lipinski definition) is 2. The lowest BCUT2D eigenvalue weighted by atomic mass is 10.1. The number of nitrogens with one attached hydrogen (secondary N) is 1. The Kier molecular flexibility index (Phi) is 7.60. The van der Waals surface area contributed by atoms with E-state index in [2.05, 4.69) is 29.7 Å². The molecule has 1 aromatic carbocycles. The quantitative estimate of drug-likeness (QED) is 0.799. The second-order valence-electron chi connectivity index (χ2n) is 7.01. The van der Waals surface area contributed by atoms with Crippen molar-refractivity contribution in [3.63, 3.8) is 0 Å². The molecule has 0 aromatic heterocycles. The molecule has 2 N–H and O–H groups in total. The number of carbonyl (C=O) groups excluding carboxylic acids is 2. The maximum absolute atomic E-state index is 12.9. The molecule has 1 saturated heterocycles. The average molecular weight is 389 g/mol. The van der Waals surface area contributed by atoms with E-state index < -0.39 is 0 Å². The minimum Gasteiger partial charge on any atom is -0.395 e. The molecule has 2 aliphatic rings. The Morgan fingerprint density at radius 3 is 2.54 bits per heavy atom. The van der Waals surface area contributed by atoms with Crippen molar-refractivity contribution in [3.05, 3.63) is 47.2 Å². The normalized spacial score (nSPS) is 20.9. The minimum absolute atomic E-state index is 0.0278. The highest BCUT2D eigenvalue weighted by molar-refractivity contribution is 5.96. The molecule has 2 amide bonds. The van der Waals surface area contributed by atoms with Crippen molar-refractivity contribution in [2.75, 3.05) is 33.3 Å². The number of piperazine rings is 1. The summed E-state index contributed by atoms with van der Waals surface area (Å²) in [5, 5.41) is 10.9. The molecule has 7 nitrogen and oxygen atoms in total. The number of nitrogens with zero attached hydrogens (tertiary/aromatic N) is 3. The van der Waals surface area contributed by atoms with Crippen LogP contribution in [0.25, 0.3) is 0 Å². The van der Waals surface area contributed by atoms with Crippen LogP contribution in [0, 0.1) is 6.92 Å². The zero-order valence-corrected chi connectivity index (χ0v) is 17.5. The van der Waals surface area contributed by atoms with Crippen molar-refractivity contribution in [1.29, 1.82) is 0 Å². The van der Waals surface area contributed by atoms with Crippen LogP contribution in [-0.2, 0) is 9.59 Å². The monoisotopic (exact) mass is 388 g/mol. The highest BCUT2D eigenvalue weighted by Crippen LogP contribution is 2.30. The number of aliphatic hydroxyl groups is 1. The number of benzene rings is 1.